The Labute approximate surface area is 116 Å². The maximum absolute atomic E-state index is 12.1. The van der Waals surface area contributed by atoms with E-state index in [1.54, 1.807) is 6.20 Å². The third kappa shape index (κ3) is 5.28. The predicted molar refractivity (Wildman–Crippen MR) is 79.6 cm³/mol. The Hall–Kier alpha value is -1.58. The third-order valence-corrected chi connectivity index (χ3v) is 2.75. The van der Waals surface area contributed by atoms with Gasteiger partial charge in [-0.25, -0.2) is 0 Å². The summed E-state index contributed by atoms with van der Waals surface area (Å²) in [7, 11) is 2.04. The summed E-state index contributed by atoms with van der Waals surface area (Å²) in [5, 5.41) is 2.92. The summed E-state index contributed by atoms with van der Waals surface area (Å²) in [6.07, 6.45) is 3.99. The van der Waals surface area contributed by atoms with Gasteiger partial charge in [0, 0.05) is 31.0 Å². The van der Waals surface area contributed by atoms with E-state index in [1.165, 1.54) is 0 Å². The van der Waals surface area contributed by atoms with Crippen LogP contribution in [0.15, 0.2) is 18.3 Å². The summed E-state index contributed by atoms with van der Waals surface area (Å²) in [5.74, 6) is -0.127. The molecule has 0 aromatic carbocycles. The molecule has 1 rings (SSSR count). The second-order valence-electron chi connectivity index (χ2n) is 5.88. The number of pyridine rings is 1. The molecule has 0 aliphatic carbocycles. The number of carbonyl (C=O) groups excluding carboxylic acids is 1. The number of nitrogens with one attached hydrogen (secondary N) is 1. The van der Waals surface area contributed by atoms with Crippen molar-refractivity contribution in [3.8, 4) is 0 Å². The Kier molecular flexibility index (Phi) is 5.33. The lowest BCUT2D eigenvalue weighted by Gasteiger charge is -2.22. The number of aromatic nitrogens is 1. The van der Waals surface area contributed by atoms with Crippen molar-refractivity contribution in [2.45, 2.75) is 46.1 Å². The molecule has 1 aromatic rings. The van der Waals surface area contributed by atoms with Crippen LogP contribution >= 0.6 is 0 Å². The largest absolute Gasteiger partial charge is 0.374 e. The number of hydrogen-bond donors (Lipinski definition) is 1. The number of nitrogens with zero attached hydrogens (tertiary/aromatic N) is 2. The summed E-state index contributed by atoms with van der Waals surface area (Å²) < 4.78 is 0. The van der Waals surface area contributed by atoms with Gasteiger partial charge < -0.3 is 10.2 Å². The van der Waals surface area contributed by atoms with E-state index in [9.17, 15) is 4.79 Å². The molecule has 0 aliphatic rings. The van der Waals surface area contributed by atoms with E-state index in [2.05, 4.69) is 22.1 Å². The molecule has 106 valence electrons. The minimum atomic E-state index is -0.247. The third-order valence-electron chi connectivity index (χ3n) is 2.75. The smallest absolute Gasteiger partial charge is 0.270 e. The van der Waals surface area contributed by atoms with Crippen molar-refractivity contribution in [1.29, 1.82) is 0 Å². The lowest BCUT2D eigenvalue weighted by Crippen LogP contribution is -2.41. The lowest BCUT2D eigenvalue weighted by atomic mass is 10.1. The average Bonchev–Trinajstić information content (AvgIpc) is 2.34. The highest BCUT2D eigenvalue weighted by Gasteiger charge is 2.16. The number of anilines is 1. The first-order valence-electron chi connectivity index (χ1n) is 6.83. The molecule has 0 atom stereocenters. The zero-order valence-electron chi connectivity index (χ0n) is 12.7. The van der Waals surface area contributed by atoms with Crippen LogP contribution in [0.25, 0.3) is 0 Å². The van der Waals surface area contributed by atoms with Crippen molar-refractivity contribution >= 4 is 11.6 Å². The predicted octanol–water partition coefficient (Wildman–Crippen LogP) is 2.85. The zero-order chi connectivity index (χ0) is 14.5. The Morgan fingerprint density at radius 1 is 1.42 bits per heavy atom. The Morgan fingerprint density at radius 2 is 2.11 bits per heavy atom. The van der Waals surface area contributed by atoms with E-state index in [-0.39, 0.29) is 11.4 Å². The van der Waals surface area contributed by atoms with Gasteiger partial charge in [0.25, 0.3) is 5.91 Å². The Morgan fingerprint density at radius 3 is 2.68 bits per heavy atom. The first-order chi connectivity index (χ1) is 8.83. The van der Waals surface area contributed by atoms with E-state index < -0.39 is 0 Å². The molecular formula is C15H25N3O. The fourth-order valence-corrected chi connectivity index (χ4v) is 1.71. The second kappa shape index (κ2) is 6.55. The van der Waals surface area contributed by atoms with Crippen molar-refractivity contribution in [3.05, 3.63) is 24.0 Å². The van der Waals surface area contributed by atoms with Gasteiger partial charge in [0.05, 0.1) is 0 Å². The Balaban J connectivity index is 2.79. The SMILES string of the molecule is CCCCN(C)c1ccnc(C(=O)NC(C)(C)C)c1. The molecule has 0 fully saturated rings. The van der Waals surface area contributed by atoms with E-state index in [4.69, 9.17) is 0 Å². The molecule has 19 heavy (non-hydrogen) atoms. The molecule has 0 spiro atoms. The van der Waals surface area contributed by atoms with Crippen LogP contribution in [0.2, 0.25) is 0 Å². The van der Waals surface area contributed by atoms with Crippen LogP contribution in [0.3, 0.4) is 0 Å². The zero-order valence-corrected chi connectivity index (χ0v) is 12.7. The maximum Gasteiger partial charge on any atom is 0.270 e. The fraction of sp³-hybridized carbons (Fsp3) is 0.600. The number of hydrogen-bond acceptors (Lipinski definition) is 3. The lowest BCUT2D eigenvalue weighted by molar-refractivity contribution is 0.0914. The molecule has 0 saturated heterocycles. The Bertz CT molecular complexity index is 424. The monoisotopic (exact) mass is 263 g/mol. The highest BCUT2D eigenvalue weighted by Crippen LogP contribution is 2.14. The van der Waals surface area contributed by atoms with Crippen LogP contribution in [-0.4, -0.2) is 30.0 Å². The van der Waals surface area contributed by atoms with E-state index in [0.29, 0.717) is 5.69 Å². The molecule has 4 heteroatoms. The van der Waals surface area contributed by atoms with Gasteiger partial charge >= 0.3 is 0 Å². The van der Waals surface area contributed by atoms with E-state index in [0.717, 1.165) is 25.1 Å². The highest BCUT2D eigenvalue weighted by atomic mass is 16.2. The maximum atomic E-state index is 12.1. The first-order valence-corrected chi connectivity index (χ1v) is 6.83. The molecule has 0 aliphatic heterocycles. The normalized spacial score (nSPS) is 11.2. The summed E-state index contributed by atoms with van der Waals surface area (Å²) in [5.41, 5.74) is 1.25. The molecule has 0 unspecified atom stereocenters. The van der Waals surface area contributed by atoms with Crippen molar-refractivity contribution in [1.82, 2.24) is 10.3 Å². The van der Waals surface area contributed by atoms with Gasteiger partial charge in [-0.1, -0.05) is 13.3 Å². The minimum Gasteiger partial charge on any atom is -0.374 e. The quantitative estimate of drug-likeness (QED) is 0.888. The van der Waals surface area contributed by atoms with Crippen LogP contribution < -0.4 is 10.2 Å². The van der Waals surface area contributed by atoms with Gasteiger partial charge in [0.15, 0.2) is 0 Å². The standard InChI is InChI=1S/C15H25N3O/c1-6-7-10-18(5)12-8-9-16-13(11-12)14(19)17-15(2,3)4/h8-9,11H,6-7,10H2,1-5H3,(H,17,19). The minimum absolute atomic E-state index is 0.127. The van der Waals surface area contributed by atoms with Crippen LogP contribution in [0.5, 0.6) is 0 Å². The number of amides is 1. The van der Waals surface area contributed by atoms with Crippen LogP contribution in [0.4, 0.5) is 5.69 Å². The summed E-state index contributed by atoms with van der Waals surface area (Å²) in [6.45, 7) is 9.04. The van der Waals surface area contributed by atoms with Crippen molar-refractivity contribution in [3.63, 3.8) is 0 Å². The van der Waals surface area contributed by atoms with Crippen LogP contribution in [-0.2, 0) is 0 Å². The van der Waals surface area contributed by atoms with Gasteiger partial charge in [0.1, 0.15) is 5.69 Å². The fourth-order valence-electron chi connectivity index (χ4n) is 1.71. The number of carbonyl (C=O) groups is 1. The highest BCUT2D eigenvalue weighted by molar-refractivity contribution is 5.93. The number of unbranched alkanes of at least 4 members (excludes halogenated alkanes) is 1. The van der Waals surface area contributed by atoms with Gasteiger partial charge in [-0.05, 0) is 39.3 Å². The molecule has 4 nitrogen and oxygen atoms in total. The average molecular weight is 263 g/mol. The molecule has 0 radical (unpaired) electrons. The summed E-state index contributed by atoms with van der Waals surface area (Å²) >= 11 is 0. The van der Waals surface area contributed by atoms with Crippen LogP contribution in [0.1, 0.15) is 51.0 Å². The summed E-state index contributed by atoms with van der Waals surface area (Å²) in [6, 6.07) is 3.78. The van der Waals surface area contributed by atoms with E-state index >= 15 is 0 Å². The molecule has 1 heterocycles. The van der Waals surface area contributed by atoms with E-state index in [1.807, 2.05) is 40.0 Å². The van der Waals surface area contributed by atoms with Crippen molar-refractivity contribution in [2.24, 2.45) is 0 Å². The van der Waals surface area contributed by atoms with Crippen molar-refractivity contribution < 1.29 is 4.79 Å². The van der Waals surface area contributed by atoms with Gasteiger partial charge in [-0.2, -0.15) is 0 Å². The van der Waals surface area contributed by atoms with Gasteiger partial charge in [-0.3, -0.25) is 9.78 Å². The van der Waals surface area contributed by atoms with Gasteiger partial charge in [0.2, 0.25) is 0 Å². The number of rotatable bonds is 5. The second-order valence-corrected chi connectivity index (χ2v) is 5.88. The molecule has 1 amide bonds. The molecular weight excluding hydrogens is 238 g/mol. The first kappa shape index (κ1) is 15.5. The molecule has 1 N–H and O–H groups in total. The van der Waals surface area contributed by atoms with Gasteiger partial charge in [-0.15, -0.1) is 0 Å². The molecule has 1 aromatic heterocycles. The molecule has 0 bridgehead atoms. The summed E-state index contributed by atoms with van der Waals surface area (Å²) in [4.78, 5) is 18.4. The molecule has 0 saturated carbocycles. The van der Waals surface area contributed by atoms with Crippen molar-refractivity contribution in [2.75, 3.05) is 18.5 Å². The topological polar surface area (TPSA) is 45.2 Å². The van der Waals surface area contributed by atoms with Crippen LogP contribution in [0, 0.1) is 0 Å².